The molecule has 1 heterocycles. The molecule has 8 N–H and O–H groups in total. The van der Waals surface area contributed by atoms with Crippen molar-refractivity contribution in [3.63, 3.8) is 0 Å². The second-order valence-electron chi connectivity index (χ2n) is 11.9. The molecule has 18 nitrogen and oxygen atoms in total. The van der Waals surface area contributed by atoms with Gasteiger partial charge in [-0.15, -0.1) is 0 Å². The van der Waals surface area contributed by atoms with Crippen molar-refractivity contribution in [1.82, 2.24) is 15.0 Å². The Morgan fingerprint density at radius 3 is 1.62 bits per heavy atom. The predicted octanol–water partition coefficient (Wildman–Crippen LogP) is 5.67. The average Bonchev–Trinajstić information content (AvgIpc) is 3.06. The molecule has 1 aliphatic rings. The molecule has 296 valence electrons. The van der Waals surface area contributed by atoms with Gasteiger partial charge in [0.25, 0.3) is 30.4 Å². The second-order valence-corrected chi connectivity index (χ2v) is 16.5. The molecule has 1 aromatic heterocycles. The molecular weight excluding hydrogens is 814 g/mol. The Balaban J connectivity index is 0.00000109. The van der Waals surface area contributed by atoms with Gasteiger partial charge in [-0.05, 0) is 67.3 Å². The van der Waals surface area contributed by atoms with E-state index in [0.29, 0.717) is 11.9 Å². The number of nitrogens with one attached hydrogen (secondary N) is 3. The van der Waals surface area contributed by atoms with E-state index in [2.05, 4.69) is 30.9 Å². The first-order chi connectivity index (χ1) is 25.5. The first-order valence-corrected chi connectivity index (χ1v) is 20.5. The van der Waals surface area contributed by atoms with Crippen LogP contribution in [0.1, 0.15) is 56.0 Å². The minimum atomic E-state index is -5.06. The van der Waals surface area contributed by atoms with Gasteiger partial charge in [-0.3, -0.25) is 23.2 Å². The summed E-state index contributed by atoms with van der Waals surface area (Å²) in [5.74, 6) is -1.54. The van der Waals surface area contributed by atoms with Gasteiger partial charge in [0, 0.05) is 22.5 Å². The van der Waals surface area contributed by atoms with E-state index in [0.717, 1.165) is 6.07 Å². The standard InChI is InChI=1S/C32H26ClN7O8S2.CH4O3S.CH4/c1-14-25(36-20-13-21(49(43,44)45)24(34)23-22(20)27(41)18-11-7-8-12-19(18)28(23)42)15(2)29(50(46,47)48)16(3)26(14)37-32-39-30(33)38-31(40-32)35-17-9-5-4-6-10-17;1-5(2,3)4;/h4-13,36H,34H2,1-3H3,(H,43,44,45)(H,46,47,48)(H2,35,37,38,39,40);1H3,(H,2,3,4);1H4. The summed E-state index contributed by atoms with van der Waals surface area (Å²) >= 11 is 6.19. The van der Waals surface area contributed by atoms with Gasteiger partial charge >= 0.3 is 0 Å². The number of nitrogens with zero attached hydrogens (tertiary/aromatic N) is 3. The normalized spacial score (nSPS) is 12.4. The summed E-state index contributed by atoms with van der Waals surface area (Å²) in [5, 5.41) is 8.59. The molecule has 0 amide bonds. The highest BCUT2D eigenvalue weighted by atomic mass is 35.5. The fourth-order valence-electron chi connectivity index (χ4n) is 5.92. The maximum absolute atomic E-state index is 13.9. The van der Waals surface area contributed by atoms with Gasteiger partial charge in [0.05, 0.1) is 34.4 Å². The van der Waals surface area contributed by atoms with Gasteiger partial charge in [-0.2, -0.15) is 40.2 Å². The summed E-state index contributed by atoms with van der Waals surface area (Å²) in [5.41, 5.74) is 5.31. The summed E-state index contributed by atoms with van der Waals surface area (Å²) in [6.45, 7) is 4.34. The number of carbonyl (C=O) groups excluding carboxylic acids is 2. The molecule has 6 rings (SSSR count). The van der Waals surface area contributed by atoms with Crippen LogP contribution in [-0.4, -0.2) is 71.7 Å². The number of para-hydroxylation sites is 1. The SMILES string of the molecule is C.CS(=O)(=O)O.Cc1c(Nc2nc(Cl)nc(Nc3ccccc3)n2)c(C)c(S(=O)(=O)O)c(C)c1Nc1cc(S(=O)(=O)O)c(N)c2c1C(=O)c1ccccc1C2=O. The smallest absolute Gasteiger partial charge is 0.296 e. The average molecular weight is 848 g/mol. The van der Waals surface area contributed by atoms with Gasteiger partial charge in [-0.1, -0.05) is 49.9 Å². The van der Waals surface area contributed by atoms with Crippen LogP contribution in [0.15, 0.2) is 70.5 Å². The Bertz CT molecular complexity index is 2760. The Morgan fingerprint density at radius 1 is 0.661 bits per heavy atom. The van der Waals surface area contributed by atoms with E-state index in [9.17, 15) is 43.9 Å². The maximum Gasteiger partial charge on any atom is 0.296 e. The Kier molecular flexibility index (Phi) is 12.3. The molecule has 5 aromatic rings. The van der Waals surface area contributed by atoms with Crippen molar-refractivity contribution in [2.24, 2.45) is 0 Å². The fraction of sp³-hybridized carbons (Fsp3) is 0.147. The number of fused-ring (bicyclic) bond motifs is 2. The first-order valence-electron chi connectivity index (χ1n) is 15.4. The van der Waals surface area contributed by atoms with Gasteiger partial charge in [0.15, 0.2) is 11.6 Å². The van der Waals surface area contributed by atoms with Crippen molar-refractivity contribution in [1.29, 1.82) is 0 Å². The lowest BCUT2D eigenvalue weighted by atomic mass is 9.82. The van der Waals surface area contributed by atoms with Gasteiger partial charge in [0.2, 0.25) is 17.2 Å². The van der Waals surface area contributed by atoms with Gasteiger partial charge in [0.1, 0.15) is 9.79 Å². The van der Waals surface area contributed by atoms with Crippen molar-refractivity contribution in [2.45, 2.75) is 38.0 Å². The Hall–Kier alpha value is -5.55. The minimum absolute atomic E-state index is 0. The highest BCUT2D eigenvalue weighted by Gasteiger charge is 2.37. The third kappa shape index (κ3) is 9.11. The molecule has 0 radical (unpaired) electrons. The molecule has 22 heteroatoms. The molecular formula is C34H34ClN7O11S3. The topological polar surface area (TPSA) is 298 Å². The Morgan fingerprint density at radius 2 is 1.12 bits per heavy atom. The Labute approximate surface area is 326 Å². The number of rotatable bonds is 8. The highest BCUT2D eigenvalue weighted by Crippen LogP contribution is 2.44. The number of hydrogen-bond acceptors (Lipinski definition) is 15. The number of aromatic nitrogens is 3. The zero-order chi connectivity index (χ0) is 40.8. The number of ketones is 2. The molecule has 4 aromatic carbocycles. The molecule has 0 bridgehead atoms. The third-order valence-corrected chi connectivity index (χ3v) is 10.2. The number of benzene rings is 4. The lowest BCUT2D eigenvalue weighted by Crippen LogP contribution is -2.25. The molecule has 1 aliphatic carbocycles. The number of nitrogen functional groups attached to an aromatic ring is 1. The molecule has 0 saturated carbocycles. The zero-order valence-electron chi connectivity index (χ0n) is 28.9. The minimum Gasteiger partial charge on any atom is -0.397 e. The van der Waals surface area contributed by atoms with E-state index in [1.165, 1.54) is 38.1 Å². The van der Waals surface area contributed by atoms with E-state index in [1.54, 1.807) is 31.2 Å². The van der Waals surface area contributed by atoms with Crippen LogP contribution >= 0.6 is 11.6 Å². The summed E-state index contributed by atoms with van der Waals surface area (Å²) in [6.07, 6.45) is 0.715. The predicted molar refractivity (Wildman–Crippen MR) is 210 cm³/mol. The zero-order valence-corrected chi connectivity index (χ0v) is 32.1. The number of hydrogen-bond donors (Lipinski definition) is 7. The summed E-state index contributed by atoms with van der Waals surface area (Å²) in [7, 11) is -13.7. The number of nitrogens with two attached hydrogens (primary N) is 1. The second kappa shape index (κ2) is 15.9. The molecule has 56 heavy (non-hydrogen) atoms. The lowest BCUT2D eigenvalue weighted by Gasteiger charge is -2.26. The van der Waals surface area contributed by atoms with Crippen LogP contribution in [0, 0.1) is 20.8 Å². The number of anilines is 7. The van der Waals surface area contributed by atoms with Gasteiger partial charge < -0.3 is 21.7 Å². The monoisotopic (exact) mass is 847 g/mol. The van der Waals surface area contributed by atoms with Crippen LogP contribution in [0.2, 0.25) is 5.28 Å². The highest BCUT2D eigenvalue weighted by molar-refractivity contribution is 7.86. The summed E-state index contributed by atoms with van der Waals surface area (Å²) in [4.78, 5) is 38.6. The van der Waals surface area contributed by atoms with Crippen LogP contribution < -0.4 is 21.7 Å². The third-order valence-electron chi connectivity index (χ3n) is 8.05. The van der Waals surface area contributed by atoms with Gasteiger partial charge in [-0.25, -0.2) is 0 Å². The molecule has 0 saturated heterocycles. The maximum atomic E-state index is 13.9. The van der Waals surface area contributed by atoms with Crippen molar-refractivity contribution < 1.29 is 48.5 Å². The van der Waals surface area contributed by atoms with E-state index >= 15 is 0 Å². The van der Waals surface area contributed by atoms with E-state index < -0.39 is 63.0 Å². The van der Waals surface area contributed by atoms with Crippen LogP contribution in [0.3, 0.4) is 0 Å². The number of carbonyl (C=O) groups is 2. The first kappa shape index (κ1) is 43.2. The quantitative estimate of drug-likeness (QED) is 0.0716. The van der Waals surface area contributed by atoms with E-state index in [-0.39, 0.29) is 75.0 Å². The van der Waals surface area contributed by atoms with Crippen molar-refractivity contribution in [3.05, 3.63) is 105 Å². The van der Waals surface area contributed by atoms with Crippen molar-refractivity contribution >= 4 is 93.9 Å². The molecule has 0 unspecified atom stereocenters. The van der Waals surface area contributed by atoms with E-state index in [1.807, 2.05) is 6.07 Å². The van der Waals surface area contributed by atoms with Crippen LogP contribution in [-0.2, 0) is 30.4 Å². The van der Waals surface area contributed by atoms with E-state index in [4.69, 9.17) is 21.9 Å². The lowest BCUT2D eigenvalue weighted by molar-refractivity contribution is 0.0980. The molecule has 0 aliphatic heterocycles. The van der Waals surface area contributed by atoms with Crippen molar-refractivity contribution in [2.75, 3.05) is 27.9 Å². The molecule has 0 spiro atoms. The summed E-state index contributed by atoms with van der Waals surface area (Å²) in [6, 6.07) is 15.6. The summed E-state index contributed by atoms with van der Waals surface area (Å²) < 4.78 is 96.8. The molecule has 0 atom stereocenters. The van der Waals surface area contributed by atoms with Crippen molar-refractivity contribution in [3.8, 4) is 0 Å². The largest absolute Gasteiger partial charge is 0.397 e. The number of halogens is 1. The van der Waals surface area contributed by atoms with Crippen LogP contribution in [0.4, 0.5) is 40.3 Å². The van der Waals surface area contributed by atoms with Crippen LogP contribution in [0.25, 0.3) is 0 Å². The molecule has 0 fully saturated rings. The van der Waals surface area contributed by atoms with Crippen LogP contribution in [0.5, 0.6) is 0 Å². The fourth-order valence-corrected chi connectivity index (χ4v) is 7.71.